The van der Waals surface area contributed by atoms with E-state index in [0.717, 1.165) is 41.1 Å². The second kappa shape index (κ2) is 9.35. The van der Waals surface area contributed by atoms with Crippen LogP contribution in [-0.4, -0.2) is 43.7 Å². The van der Waals surface area contributed by atoms with Crippen molar-refractivity contribution in [1.29, 1.82) is 0 Å². The molecular weight excluding hydrogens is 396 g/mol. The maximum atomic E-state index is 12.3. The number of amides is 1. The number of hydrogen-bond acceptors (Lipinski definition) is 4. The van der Waals surface area contributed by atoms with Gasteiger partial charge in [-0.15, -0.1) is 0 Å². The number of ether oxygens (including phenoxy) is 1. The minimum absolute atomic E-state index is 0.0439. The molecule has 6 heteroatoms. The molecule has 1 aliphatic heterocycles. The number of aryl methyl sites for hydroxylation is 2. The smallest absolute Gasteiger partial charge is 0.220 e. The summed E-state index contributed by atoms with van der Waals surface area (Å²) >= 11 is 3.46. The van der Waals surface area contributed by atoms with Crippen molar-refractivity contribution < 1.29 is 13.9 Å². The van der Waals surface area contributed by atoms with Crippen molar-refractivity contribution in [3.8, 4) is 0 Å². The first-order valence-electron chi connectivity index (χ1n) is 9.01. The van der Waals surface area contributed by atoms with Gasteiger partial charge in [-0.2, -0.15) is 0 Å². The lowest BCUT2D eigenvalue weighted by Gasteiger charge is -2.33. The molecule has 1 amide bonds. The summed E-state index contributed by atoms with van der Waals surface area (Å²) in [6, 6.07) is 12.1. The summed E-state index contributed by atoms with van der Waals surface area (Å²) < 4.78 is 12.3. The van der Waals surface area contributed by atoms with E-state index in [9.17, 15) is 4.79 Å². The molecule has 0 saturated carbocycles. The summed E-state index contributed by atoms with van der Waals surface area (Å²) in [6.07, 6.45) is 1.21. The number of nitrogens with zero attached hydrogens (tertiary/aromatic N) is 1. The van der Waals surface area contributed by atoms with Gasteiger partial charge in [-0.3, -0.25) is 9.69 Å². The first-order chi connectivity index (χ1) is 12.6. The average molecular weight is 421 g/mol. The highest BCUT2D eigenvalue weighted by Gasteiger charge is 2.25. The zero-order valence-electron chi connectivity index (χ0n) is 15.0. The average Bonchev–Trinajstić information content (AvgIpc) is 3.07. The second-order valence-corrected chi connectivity index (χ2v) is 7.46. The number of carbonyl (C=O) groups is 1. The minimum Gasteiger partial charge on any atom is -0.465 e. The molecule has 140 valence electrons. The Kier molecular flexibility index (Phi) is 6.88. The Morgan fingerprint density at radius 3 is 2.77 bits per heavy atom. The Morgan fingerprint density at radius 1 is 1.27 bits per heavy atom. The van der Waals surface area contributed by atoms with E-state index in [0.29, 0.717) is 26.2 Å². The van der Waals surface area contributed by atoms with Gasteiger partial charge in [0.15, 0.2) is 0 Å². The van der Waals surface area contributed by atoms with Crippen LogP contribution < -0.4 is 5.32 Å². The van der Waals surface area contributed by atoms with Crippen LogP contribution in [0.4, 0.5) is 0 Å². The van der Waals surface area contributed by atoms with Crippen LogP contribution in [0.25, 0.3) is 0 Å². The predicted molar refractivity (Wildman–Crippen MR) is 104 cm³/mol. The summed E-state index contributed by atoms with van der Waals surface area (Å²) in [4.78, 5) is 14.6. The Bertz CT molecular complexity index is 725. The quantitative estimate of drug-likeness (QED) is 0.744. The molecule has 1 saturated heterocycles. The number of nitrogens with one attached hydrogen (secondary N) is 1. The Balaban J connectivity index is 1.55. The van der Waals surface area contributed by atoms with Crippen LogP contribution in [0.3, 0.4) is 0 Å². The number of morpholine rings is 1. The SMILES string of the molecule is Cc1ccc(C(CNC(=O)CCc2cccc(Br)c2)N2CCOCC2)o1. The molecule has 0 radical (unpaired) electrons. The topological polar surface area (TPSA) is 54.7 Å². The third kappa shape index (κ3) is 5.43. The van der Waals surface area contributed by atoms with E-state index in [1.54, 1.807) is 0 Å². The van der Waals surface area contributed by atoms with Crippen LogP contribution in [0.5, 0.6) is 0 Å². The lowest BCUT2D eigenvalue weighted by Crippen LogP contribution is -2.43. The van der Waals surface area contributed by atoms with Crippen LogP contribution in [-0.2, 0) is 16.0 Å². The third-order valence-corrected chi connectivity index (χ3v) is 5.09. The largest absolute Gasteiger partial charge is 0.465 e. The van der Waals surface area contributed by atoms with E-state index in [-0.39, 0.29) is 11.9 Å². The van der Waals surface area contributed by atoms with Crippen molar-refractivity contribution in [3.05, 3.63) is 58.0 Å². The summed E-state index contributed by atoms with van der Waals surface area (Å²) in [6.45, 7) is 5.61. The maximum Gasteiger partial charge on any atom is 0.220 e. The molecule has 5 nitrogen and oxygen atoms in total. The van der Waals surface area contributed by atoms with Gasteiger partial charge in [0.2, 0.25) is 5.91 Å². The van der Waals surface area contributed by atoms with E-state index >= 15 is 0 Å². The van der Waals surface area contributed by atoms with Gasteiger partial charge in [-0.05, 0) is 43.2 Å². The van der Waals surface area contributed by atoms with Crippen molar-refractivity contribution >= 4 is 21.8 Å². The van der Waals surface area contributed by atoms with E-state index in [4.69, 9.17) is 9.15 Å². The maximum absolute atomic E-state index is 12.3. The van der Waals surface area contributed by atoms with Gasteiger partial charge in [0.1, 0.15) is 11.5 Å². The fourth-order valence-corrected chi connectivity index (χ4v) is 3.63. The Labute approximate surface area is 162 Å². The zero-order valence-corrected chi connectivity index (χ0v) is 16.6. The van der Waals surface area contributed by atoms with E-state index in [1.807, 2.05) is 37.3 Å². The molecule has 1 fully saturated rings. The summed E-state index contributed by atoms with van der Waals surface area (Å²) in [5.74, 6) is 1.85. The number of hydrogen-bond donors (Lipinski definition) is 1. The zero-order chi connectivity index (χ0) is 18.4. The van der Waals surface area contributed by atoms with Crippen LogP contribution in [0, 0.1) is 6.92 Å². The molecule has 0 spiro atoms. The highest BCUT2D eigenvalue weighted by molar-refractivity contribution is 9.10. The summed E-state index contributed by atoms with van der Waals surface area (Å²) in [5, 5.41) is 3.08. The highest BCUT2D eigenvalue weighted by atomic mass is 79.9. The van der Waals surface area contributed by atoms with Crippen LogP contribution in [0.1, 0.15) is 29.5 Å². The number of furan rings is 1. The monoisotopic (exact) mass is 420 g/mol. The Morgan fingerprint density at radius 2 is 2.08 bits per heavy atom. The van der Waals surface area contributed by atoms with Gasteiger partial charge in [-0.1, -0.05) is 28.1 Å². The molecule has 1 unspecified atom stereocenters. The van der Waals surface area contributed by atoms with Gasteiger partial charge in [0, 0.05) is 30.5 Å². The summed E-state index contributed by atoms with van der Waals surface area (Å²) in [5.41, 5.74) is 1.15. The van der Waals surface area contributed by atoms with Crippen molar-refractivity contribution in [2.75, 3.05) is 32.8 Å². The van der Waals surface area contributed by atoms with Gasteiger partial charge in [0.25, 0.3) is 0 Å². The number of benzene rings is 1. The molecule has 1 N–H and O–H groups in total. The lowest BCUT2D eigenvalue weighted by molar-refractivity contribution is -0.121. The molecule has 0 bridgehead atoms. The van der Waals surface area contributed by atoms with Crippen molar-refractivity contribution in [2.45, 2.75) is 25.8 Å². The lowest BCUT2D eigenvalue weighted by atomic mass is 10.1. The van der Waals surface area contributed by atoms with Crippen molar-refractivity contribution in [1.82, 2.24) is 10.2 Å². The first-order valence-corrected chi connectivity index (χ1v) is 9.80. The summed E-state index contributed by atoms with van der Waals surface area (Å²) in [7, 11) is 0. The fourth-order valence-electron chi connectivity index (χ4n) is 3.18. The van der Waals surface area contributed by atoms with E-state index in [2.05, 4.69) is 32.2 Å². The third-order valence-electron chi connectivity index (χ3n) is 4.60. The predicted octanol–water partition coefficient (Wildman–Crippen LogP) is 3.47. The van der Waals surface area contributed by atoms with Gasteiger partial charge in [0.05, 0.1) is 19.3 Å². The van der Waals surface area contributed by atoms with Gasteiger partial charge in [-0.25, -0.2) is 0 Å². The standard InChI is InChI=1S/C20H25BrN2O3/c1-15-5-7-19(26-15)18(23-9-11-25-12-10-23)14-22-20(24)8-6-16-3-2-4-17(21)13-16/h2-5,7,13,18H,6,8-12,14H2,1H3,(H,22,24). The van der Waals surface area contributed by atoms with Crippen LogP contribution in [0.15, 0.2) is 45.3 Å². The number of carbonyl (C=O) groups excluding carboxylic acids is 1. The molecule has 1 aromatic heterocycles. The molecule has 2 aromatic rings. The highest BCUT2D eigenvalue weighted by Crippen LogP contribution is 2.23. The van der Waals surface area contributed by atoms with Crippen molar-refractivity contribution in [2.24, 2.45) is 0 Å². The first kappa shape index (κ1) is 19.1. The number of rotatable bonds is 7. The van der Waals surface area contributed by atoms with E-state index in [1.165, 1.54) is 0 Å². The van der Waals surface area contributed by atoms with Crippen LogP contribution in [0.2, 0.25) is 0 Å². The Hall–Kier alpha value is -1.63. The normalized spacial score (nSPS) is 16.4. The molecule has 1 aromatic carbocycles. The number of halogens is 1. The molecule has 1 aliphatic rings. The fraction of sp³-hybridized carbons (Fsp3) is 0.450. The molecule has 3 rings (SSSR count). The molecule has 2 heterocycles. The van der Waals surface area contributed by atoms with E-state index < -0.39 is 0 Å². The minimum atomic E-state index is 0.0439. The molecule has 26 heavy (non-hydrogen) atoms. The second-order valence-electron chi connectivity index (χ2n) is 6.55. The van der Waals surface area contributed by atoms with Gasteiger partial charge < -0.3 is 14.5 Å². The molecular formula is C20H25BrN2O3. The molecule has 1 atom stereocenters. The van der Waals surface area contributed by atoms with Crippen LogP contribution >= 0.6 is 15.9 Å². The van der Waals surface area contributed by atoms with Gasteiger partial charge >= 0.3 is 0 Å². The molecule has 0 aliphatic carbocycles. The van der Waals surface area contributed by atoms with Crippen molar-refractivity contribution in [3.63, 3.8) is 0 Å².